The quantitative estimate of drug-likeness (QED) is 0.717. The molecule has 0 spiro atoms. The van der Waals surface area contributed by atoms with Gasteiger partial charge in [0.05, 0.1) is 6.10 Å². The summed E-state index contributed by atoms with van der Waals surface area (Å²) in [4.78, 5) is 16.2. The summed E-state index contributed by atoms with van der Waals surface area (Å²) in [7, 11) is 0. The maximum absolute atomic E-state index is 11.8. The third-order valence-corrected chi connectivity index (χ3v) is 4.02. The molecule has 22 heavy (non-hydrogen) atoms. The van der Waals surface area contributed by atoms with E-state index in [9.17, 15) is 9.90 Å². The monoisotopic (exact) mass is 310 g/mol. The topological polar surface area (TPSA) is 100 Å². The Morgan fingerprint density at radius 2 is 2.18 bits per heavy atom. The second kappa shape index (κ2) is 8.12. The molecule has 0 saturated heterocycles. The van der Waals surface area contributed by atoms with Crippen molar-refractivity contribution in [3.05, 3.63) is 11.7 Å². The van der Waals surface area contributed by atoms with Gasteiger partial charge in [0.2, 0.25) is 5.89 Å². The number of rotatable bonds is 7. The van der Waals surface area contributed by atoms with Gasteiger partial charge < -0.3 is 20.3 Å². The molecule has 7 heteroatoms. The fourth-order valence-corrected chi connectivity index (χ4v) is 2.73. The first-order chi connectivity index (χ1) is 10.6. The zero-order valence-corrected chi connectivity index (χ0v) is 13.3. The summed E-state index contributed by atoms with van der Waals surface area (Å²) in [5, 5.41) is 19.0. The van der Waals surface area contributed by atoms with Crippen LogP contribution >= 0.6 is 0 Å². The number of urea groups is 1. The molecule has 3 N–H and O–H groups in total. The molecule has 1 aromatic heterocycles. The molecule has 1 aliphatic carbocycles. The summed E-state index contributed by atoms with van der Waals surface area (Å²) in [6, 6.07) is -0.700. The zero-order chi connectivity index (χ0) is 15.9. The third-order valence-electron chi connectivity index (χ3n) is 4.02. The molecule has 124 valence electrons. The van der Waals surface area contributed by atoms with Gasteiger partial charge in [-0.15, -0.1) is 0 Å². The predicted molar refractivity (Wildman–Crippen MR) is 81.4 cm³/mol. The summed E-state index contributed by atoms with van der Waals surface area (Å²) in [6.07, 6.45) is 5.68. The maximum atomic E-state index is 11.8. The first-order valence-corrected chi connectivity index (χ1v) is 8.16. The highest BCUT2D eigenvalue weighted by Gasteiger charge is 2.24. The summed E-state index contributed by atoms with van der Waals surface area (Å²) in [5.74, 6) is 1.56. The van der Waals surface area contributed by atoms with Crippen LogP contribution < -0.4 is 10.6 Å². The lowest BCUT2D eigenvalue weighted by molar-refractivity contribution is 0.159. The molecule has 1 aromatic rings. The number of hydrogen-bond donors (Lipinski definition) is 3. The average molecular weight is 310 g/mol. The maximum Gasteiger partial charge on any atom is 0.315 e. The van der Waals surface area contributed by atoms with Crippen LogP contribution in [0.3, 0.4) is 0 Å². The van der Waals surface area contributed by atoms with Gasteiger partial charge in [0.25, 0.3) is 0 Å². The number of carbonyl (C=O) groups excluding carboxylic acids is 1. The van der Waals surface area contributed by atoms with Crippen LogP contribution in [0.4, 0.5) is 4.79 Å². The molecule has 1 fully saturated rings. The Balaban J connectivity index is 1.78. The average Bonchev–Trinajstić information content (AvgIpc) is 3.15. The molecule has 1 saturated carbocycles. The van der Waals surface area contributed by atoms with E-state index in [1.165, 1.54) is 12.8 Å². The normalized spacial score (nSPS) is 18.1. The van der Waals surface area contributed by atoms with Crippen LogP contribution in [-0.2, 0) is 0 Å². The Hall–Kier alpha value is -1.63. The van der Waals surface area contributed by atoms with Gasteiger partial charge in [-0.05, 0) is 26.2 Å². The number of hydrogen-bond acceptors (Lipinski definition) is 5. The highest BCUT2D eigenvalue weighted by molar-refractivity contribution is 5.74. The van der Waals surface area contributed by atoms with E-state index in [4.69, 9.17) is 4.52 Å². The standard InChI is InChI=1S/C15H26N4O3/c1-3-6-12(20)9-16-15(21)17-10(2)14-18-13(19-22-14)11-7-4-5-8-11/h10-12,20H,3-9H2,1-2H3,(H2,16,17,21). The van der Waals surface area contributed by atoms with Gasteiger partial charge in [-0.1, -0.05) is 31.3 Å². The molecule has 2 amide bonds. The summed E-state index contributed by atoms with van der Waals surface area (Å²) in [6.45, 7) is 4.03. The summed E-state index contributed by atoms with van der Waals surface area (Å²) in [5.41, 5.74) is 0. The Bertz CT molecular complexity index is 471. The van der Waals surface area contributed by atoms with Crippen LogP contribution in [0.2, 0.25) is 0 Å². The van der Waals surface area contributed by atoms with Gasteiger partial charge in [-0.25, -0.2) is 4.79 Å². The Morgan fingerprint density at radius 3 is 2.86 bits per heavy atom. The van der Waals surface area contributed by atoms with Crippen LogP contribution in [0.5, 0.6) is 0 Å². The van der Waals surface area contributed by atoms with E-state index in [-0.39, 0.29) is 18.6 Å². The van der Waals surface area contributed by atoms with Gasteiger partial charge in [0.1, 0.15) is 6.04 Å². The predicted octanol–water partition coefficient (Wildman–Crippen LogP) is 2.25. The molecule has 2 rings (SSSR count). The smallest absolute Gasteiger partial charge is 0.315 e. The van der Waals surface area contributed by atoms with Crippen molar-refractivity contribution in [1.82, 2.24) is 20.8 Å². The lowest BCUT2D eigenvalue weighted by Crippen LogP contribution is -2.40. The molecule has 1 aliphatic rings. The fourth-order valence-electron chi connectivity index (χ4n) is 2.73. The highest BCUT2D eigenvalue weighted by Crippen LogP contribution is 2.32. The molecule has 2 atom stereocenters. The molecule has 2 unspecified atom stereocenters. The summed E-state index contributed by atoms with van der Waals surface area (Å²) < 4.78 is 5.25. The zero-order valence-electron chi connectivity index (χ0n) is 13.3. The number of aromatic nitrogens is 2. The van der Waals surface area contributed by atoms with E-state index >= 15 is 0 Å². The minimum Gasteiger partial charge on any atom is -0.391 e. The Kier molecular flexibility index (Phi) is 6.18. The van der Waals surface area contributed by atoms with Crippen LogP contribution in [0.15, 0.2) is 4.52 Å². The minimum absolute atomic E-state index is 0.240. The van der Waals surface area contributed by atoms with Crippen molar-refractivity contribution in [1.29, 1.82) is 0 Å². The molecular weight excluding hydrogens is 284 g/mol. The Labute approximate surface area is 130 Å². The molecule has 0 bridgehead atoms. The van der Waals surface area contributed by atoms with E-state index in [2.05, 4.69) is 20.8 Å². The van der Waals surface area contributed by atoms with E-state index in [1.807, 2.05) is 6.92 Å². The van der Waals surface area contributed by atoms with Gasteiger partial charge in [-0.3, -0.25) is 0 Å². The van der Waals surface area contributed by atoms with Gasteiger partial charge in [0, 0.05) is 12.5 Å². The van der Waals surface area contributed by atoms with Crippen molar-refractivity contribution in [3.63, 3.8) is 0 Å². The number of carbonyl (C=O) groups is 1. The molecular formula is C15H26N4O3. The molecule has 7 nitrogen and oxygen atoms in total. The minimum atomic E-state index is -0.511. The van der Waals surface area contributed by atoms with E-state index in [1.54, 1.807) is 6.92 Å². The molecule has 0 aliphatic heterocycles. The number of amides is 2. The van der Waals surface area contributed by atoms with Crippen molar-refractivity contribution in [2.75, 3.05) is 6.54 Å². The second-order valence-electron chi connectivity index (χ2n) is 5.99. The van der Waals surface area contributed by atoms with Gasteiger partial charge in [0.15, 0.2) is 5.82 Å². The van der Waals surface area contributed by atoms with Crippen molar-refractivity contribution in [2.45, 2.75) is 70.4 Å². The third kappa shape index (κ3) is 4.69. The Morgan fingerprint density at radius 1 is 1.45 bits per heavy atom. The van der Waals surface area contributed by atoms with Crippen molar-refractivity contribution in [2.24, 2.45) is 0 Å². The molecule has 0 radical (unpaired) electrons. The fraction of sp³-hybridized carbons (Fsp3) is 0.800. The van der Waals surface area contributed by atoms with Gasteiger partial charge >= 0.3 is 6.03 Å². The van der Waals surface area contributed by atoms with E-state index < -0.39 is 6.10 Å². The second-order valence-corrected chi connectivity index (χ2v) is 5.99. The molecule has 1 heterocycles. The van der Waals surface area contributed by atoms with E-state index in [0.29, 0.717) is 18.2 Å². The lowest BCUT2D eigenvalue weighted by Gasteiger charge is -2.13. The van der Waals surface area contributed by atoms with E-state index in [0.717, 1.165) is 25.1 Å². The first-order valence-electron chi connectivity index (χ1n) is 8.16. The van der Waals surface area contributed by atoms with Crippen molar-refractivity contribution >= 4 is 6.03 Å². The number of nitrogens with zero attached hydrogens (tertiary/aromatic N) is 2. The summed E-state index contributed by atoms with van der Waals surface area (Å²) >= 11 is 0. The van der Waals surface area contributed by atoms with Crippen LogP contribution in [0.25, 0.3) is 0 Å². The number of aliphatic hydroxyl groups excluding tert-OH is 1. The number of nitrogens with one attached hydrogen (secondary N) is 2. The van der Waals surface area contributed by atoms with Crippen LogP contribution in [-0.4, -0.2) is 33.9 Å². The SMILES string of the molecule is CCCC(O)CNC(=O)NC(C)c1nc(C2CCCC2)no1. The first kappa shape index (κ1) is 16.7. The van der Waals surface area contributed by atoms with Crippen LogP contribution in [0.1, 0.15) is 76.0 Å². The number of aliphatic hydroxyl groups is 1. The van der Waals surface area contributed by atoms with Crippen LogP contribution in [0, 0.1) is 0 Å². The molecule has 0 aromatic carbocycles. The van der Waals surface area contributed by atoms with Crippen molar-refractivity contribution in [3.8, 4) is 0 Å². The van der Waals surface area contributed by atoms with Gasteiger partial charge in [-0.2, -0.15) is 4.98 Å². The lowest BCUT2D eigenvalue weighted by atomic mass is 10.1. The van der Waals surface area contributed by atoms with Crippen molar-refractivity contribution < 1.29 is 14.4 Å². The highest BCUT2D eigenvalue weighted by atomic mass is 16.5. The largest absolute Gasteiger partial charge is 0.391 e.